The number of para-hydroxylation sites is 1. The van der Waals surface area contributed by atoms with E-state index >= 15 is 0 Å². The third-order valence-electron chi connectivity index (χ3n) is 4.42. The largest absolute Gasteiger partial charge is 0.348 e. The highest BCUT2D eigenvalue weighted by molar-refractivity contribution is 8.04. The minimum absolute atomic E-state index is 0.126. The van der Waals surface area contributed by atoms with Gasteiger partial charge in [0.25, 0.3) is 11.8 Å². The van der Waals surface area contributed by atoms with Crippen LogP contribution in [0.3, 0.4) is 0 Å². The molecule has 0 bridgehead atoms. The maximum absolute atomic E-state index is 12.4. The van der Waals surface area contributed by atoms with E-state index in [1.165, 1.54) is 11.8 Å². The molecule has 3 aromatic rings. The van der Waals surface area contributed by atoms with Crippen LogP contribution in [-0.4, -0.2) is 11.8 Å². The highest BCUT2D eigenvalue weighted by atomic mass is 35.5. The lowest BCUT2D eigenvalue weighted by atomic mass is 10.1. The van der Waals surface area contributed by atoms with Gasteiger partial charge in [-0.3, -0.25) is 9.59 Å². The molecular formula is C23H17ClN2O2S. The molecule has 2 N–H and O–H groups in total. The number of rotatable bonds is 4. The normalized spacial score (nSPS) is 14.2. The fourth-order valence-corrected chi connectivity index (χ4v) is 3.95. The van der Waals surface area contributed by atoms with Gasteiger partial charge in [0.1, 0.15) is 0 Å². The molecule has 3 aromatic carbocycles. The van der Waals surface area contributed by atoms with Gasteiger partial charge >= 0.3 is 0 Å². The number of hydrogen-bond donors (Lipinski definition) is 2. The highest BCUT2D eigenvalue weighted by Gasteiger charge is 2.20. The zero-order chi connectivity index (χ0) is 20.2. The van der Waals surface area contributed by atoms with Gasteiger partial charge in [-0.15, -0.1) is 0 Å². The average molecular weight is 421 g/mol. The van der Waals surface area contributed by atoms with E-state index < -0.39 is 0 Å². The Morgan fingerprint density at radius 3 is 2.48 bits per heavy atom. The number of thioether (sulfide) groups is 1. The molecular weight excluding hydrogens is 404 g/mol. The average Bonchev–Trinajstić information content (AvgIpc) is 2.74. The summed E-state index contributed by atoms with van der Waals surface area (Å²) in [6.07, 6.45) is 1.82. The summed E-state index contributed by atoms with van der Waals surface area (Å²) in [5.41, 5.74) is 3.22. The van der Waals surface area contributed by atoms with Crippen LogP contribution < -0.4 is 10.6 Å². The molecule has 0 aliphatic carbocycles. The molecule has 0 fully saturated rings. The minimum atomic E-state index is -0.155. The van der Waals surface area contributed by atoms with Crippen molar-refractivity contribution in [2.45, 2.75) is 11.4 Å². The second-order valence-corrected chi connectivity index (χ2v) is 8.01. The second-order valence-electron chi connectivity index (χ2n) is 6.49. The summed E-state index contributed by atoms with van der Waals surface area (Å²) in [6, 6.07) is 22.2. The van der Waals surface area contributed by atoms with Crippen LogP contribution in [0.4, 0.5) is 5.69 Å². The summed E-state index contributed by atoms with van der Waals surface area (Å²) < 4.78 is 0. The van der Waals surface area contributed by atoms with Crippen LogP contribution in [0.5, 0.6) is 0 Å². The van der Waals surface area contributed by atoms with Crippen LogP contribution in [0.2, 0.25) is 5.02 Å². The molecule has 0 saturated heterocycles. The molecule has 0 unspecified atom stereocenters. The summed E-state index contributed by atoms with van der Waals surface area (Å²) in [6.45, 7) is 0.429. The van der Waals surface area contributed by atoms with Crippen molar-refractivity contribution in [3.05, 3.63) is 99.4 Å². The predicted molar refractivity (Wildman–Crippen MR) is 118 cm³/mol. The fourth-order valence-electron chi connectivity index (χ4n) is 2.87. The Bertz CT molecular complexity index is 1090. The number of carbonyl (C=O) groups is 2. The third kappa shape index (κ3) is 4.70. The van der Waals surface area contributed by atoms with E-state index in [0.717, 1.165) is 21.7 Å². The fraction of sp³-hybridized carbons (Fsp3) is 0.0435. The number of halogens is 1. The topological polar surface area (TPSA) is 58.2 Å². The van der Waals surface area contributed by atoms with E-state index in [2.05, 4.69) is 10.6 Å². The third-order valence-corrected chi connectivity index (χ3v) is 5.77. The Balaban J connectivity index is 1.42. The van der Waals surface area contributed by atoms with Crippen LogP contribution in [-0.2, 0) is 11.3 Å². The molecule has 144 valence electrons. The lowest BCUT2D eigenvalue weighted by Gasteiger charge is -2.18. The van der Waals surface area contributed by atoms with Crippen molar-refractivity contribution in [2.24, 2.45) is 0 Å². The summed E-state index contributed by atoms with van der Waals surface area (Å²) in [7, 11) is 0. The van der Waals surface area contributed by atoms with E-state index in [9.17, 15) is 9.59 Å². The van der Waals surface area contributed by atoms with E-state index in [4.69, 9.17) is 11.6 Å². The molecule has 6 heteroatoms. The monoisotopic (exact) mass is 420 g/mol. The lowest BCUT2D eigenvalue weighted by Crippen LogP contribution is -2.22. The zero-order valence-corrected chi connectivity index (χ0v) is 16.9. The SMILES string of the molecule is O=C1Nc2ccccc2SC1=Cc1ccc(C(=O)NCc2ccc(Cl)cc2)cc1. The first-order valence-electron chi connectivity index (χ1n) is 9.01. The van der Waals surface area contributed by atoms with Gasteiger partial charge in [0, 0.05) is 22.0 Å². The molecule has 0 saturated carbocycles. The first-order chi connectivity index (χ1) is 14.1. The van der Waals surface area contributed by atoms with Crippen molar-refractivity contribution in [2.75, 3.05) is 5.32 Å². The maximum atomic E-state index is 12.4. The number of benzene rings is 3. The van der Waals surface area contributed by atoms with Gasteiger partial charge in [-0.25, -0.2) is 0 Å². The van der Waals surface area contributed by atoms with Gasteiger partial charge < -0.3 is 10.6 Å². The Morgan fingerprint density at radius 1 is 1.00 bits per heavy atom. The molecule has 4 nitrogen and oxygen atoms in total. The summed E-state index contributed by atoms with van der Waals surface area (Å²) in [5, 5.41) is 6.45. The molecule has 1 heterocycles. The molecule has 0 spiro atoms. The Labute approximate surface area is 178 Å². The van der Waals surface area contributed by atoms with Crippen LogP contribution in [0, 0.1) is 0 Å². The van der Waals surface area contributed by atoms with Gasteiger partial charge in [-0.1, -0.05) is 59.8 Å². The van der Waals surface area contributed by atoms with Crippen molar-refractivity contribution in [3.8, 4) is 0 Å². The molecule has 1 aliphatic heterocycles. The van der Waals surface area contributed by atoms with E-state index in [1.54, 1.807) is 24.3 Å². The highest BCUT2D eigenvalue weighted by Crippen LogP contribution is 2.38. The summed E-state index contributed by atoms with van der Waals surface area (Å²) in [4.78, 5) is 26.3. The Kier molecular flexibility index (Phi) is 5.69. The van der Waals surface area contributed by atoms with Crippen molar-refractivity contribution in [1.82, 2.24) is 5.32 Å². The van der Waals surface area contributed by atoms with Crippen LogP contribution in [0.15, 0.2) is 82.6 Å². The van der Waals surface area contributed by atoms with Gasteiger partial charge in [0.15, 0.2) is 0 Å². The van der Waals surface area contributed by atoms with E-state index in [0.29, 0.717) is 22.0 Å². The molecule has 29 heavy (non-hydrogen) atoms. The first-order valence-corrected chi connectivity index (χ1v) is 10.2. The summed E-state index contributed by atoms with van der Waals surface area (Å²) in [5.74, 6) is -0.281. The van der Waals surface area contributed by atoms with E-state index in [-0.39, 0.29) is 11.8 Å². The summed E-state index contributed by atoms with van der Waals surface area (Å²) >= 11 is 7.31. The molecule has 0 aromatic heterocycles. The number of carbonyl (C=O) groups excluding carboxylic acids is 2. The number of hydrogen-bond acceptors (Lipinski definition) is 3. The second kappa shape index (κ2) is 8.55. The molecule has 2 amide bonds. The first kappa shape index (κ1) is 19.3. The van der Waals surface area contributed by atoms with Gasteiger partial charge in [0.05, 0.1) is 10.6 Å². The standard InChI is InChI=1S/C23H17ClN2O2S/c24-18-11-7-16(8-12-18)14-25-22(27)17-9-5-15(6-10-17)13-21-23(28)26-19-3-1-2-4-20(19)29-21/h1-13H,14H2,(H,25,27)(H,26,28). The van der Waals surface area contributed by atoms with Crippen molar-refractivity contribution < 1.29 is 9.59 Å². The quantitative estimate of drug-likeness (QED) is 0.559. The number of fused-ring (bicyclic) bond motifs is 1. The van der Waals surface area contributed by atoms with Crippen molar-refractivity contribution in [1.29, 1.82) is 0 Å². The molecule has 4 rings (SSSR count). The Morgan fingerprint density at radius 2 is 1.72 bits per heavy atom. The maximum Gasteiger partial charge on any atom is 0.262 e. The molecule has 1 aliphatic rings. The van der Waals surface area contributed by atoms with Gasteiger partial charge in [-0.05, 0) is 53.6 Å². The molecule has 0 radical (unpaired) electrons. The number of amides is 2. The minimum Gasteiger partial charge on any atom is -0.348 e. The van der Waals surface area contributed by atoms with Crippen molar-refractivity contribution in [3.63, 3.8) is 0 Å². The lowest BCUT2D eigenvalue weighted by molar-refractivity contribution is -0.112. The Hall–Kier alpha value is -3.02. The van der Waals surface area contributed by atoms with Crippen LogP contribution in [0.25, 0.3) is 6.08 Å². The molecule has 0 atom stereocenters. The van der Waals surface area contributed by atoms with Gasteiger partial charge in [0.2, 0.25) is 0 Å². The van der Waals surface area contributed by atoms with Crippen molar-refractivity contribution >= 4 is 46.9 Å². The van der Waals surface area contributed by atoms with E-state index in [1.807, 2.05) is 54.6 Å². The smallest absolute Gasteiger partial charge is 0.262 e. The zero-order valence-electron chi connectivity index (χ0n) is 15.3. The van der Waals surface area contributed by atoms with Crippen LogP contribution in [0.1, 0.15) is 21.5 Å². The van der Waals surface area contributed by atoms with Gasteiger partial charge in [-0.2, -0.15) is 0 Å². The number of anilines is 1. The predicted octanol–water partition coefficient (Wildman–Crippen LogP) is 5.36. The number of nitrogens with one attached hydrogen (secondary N) is 2. The van der Waals surface area contributed by atoms with Crippen LogP contribution >= 0.6 is 23.4 Å².